The summed E-state index contributed by atoms with van der Waals surface area (Å²) in [5.41, 5.74) is 7.19. The topological polar surface area (TPSA) is 85.7 Å². The maximum absolute atomic E-state index is 14.8. The van der Waals surface area contributed by atoms with Gasteiger partial charge in [0.05, 0.1) is 18.4 Å². The van der Waals surface area contributed by atoms with Crippen molar-refractivity contribution in [2.24, 2.45) is 17.8 Å². The van der Waals surface area contributed by atoms with Crippen LogP contribution in [0.1, 0.15) is 18.4 Å². The predicted molar refractivity (Wildman–Crippen MR) is 130 cm³/mol. The van der Waals surface area contributed by atoms with E-state index in [9.17, 15) is 13.6 Å². The van der Waals surface area contributed by atoms with Crippen LogP contribution >= 0.6 is 0 Å². The molecule has 1 aliphatic heterocycles. The molecule has 7 nitrogen and oxygen atoms in total. The zero-order chi connectivity index (χ0) is 24.4. The number of nitrogens with zero attached hydrogens (tertiary/aromatic N) is 4. The second kappa shape index (κ2) is 9.72. The van der Waals surface area contributed by atoms with Crippen molar-refractivity contribution in [3.63, 3.8) is 0 Å². The summed E-state index contributed by atoms with van der Waals surface area (Å²) in [7, 11) is 4.56. The van der Waals surface area contributed by atoms with E-state index in [0.717, 1.165) is 12.8 Å². The first-order valence-electron chi connectivity index (χ1n) is 11.0. The molecule has 2 heterocycles. The first-order chi connectivity index (χ1) is 16.3. The van der Waals surface area contributed by atoms with Gasteiger partial charge in [0.15, 0.2) is 11.6 Å². The summed E-state index contributed by atoms with van der Waals surface area (Å²) < 4.78 is 35.8. The van der Waals surface area contributed by atoms with E-state index in [1.807, 2.05) is 4.90 Å². The average molecular weight is 468 g/mol. The molecule has 178 valence electrons. The second-order valence-corrected chi connectivity index (χ2v) is 8.30. The minimum absolute atomic E-state index is 0.0607. The van der Waals surface area contributed by atoms with E-state index in [1.165, 1.54) is 36.1 Å². The third-order valence-electron chi connectivity index (χ3n) is 6.07. The molecule has 4 rings (SSSR count). The molecule has 34 heavy (non-hydrogen) atoms. The molecule has 0 spiro atoms. The zero-order valence-electron chi connectivity index (χ0n) is 19.4. The smallest absolute Gasteiger partial charge is 0.263 e. The van der Waals surface area contributed by atoms with Crippen LogP contribution in [-0.4, -0.2) is 49.1 Å². The lowest BCUT2D eigenvalue weighted by atomic mass is 9.99. The van der Waals surface area contributed by atoms with E-state index in [-0.39, 0.29) is 28.6 Å². The summed E-state index contributed by atoms with van der Waals surface area (Å²) in [5.74, 6) is -0.583. The van der Waals surface area contributed by atoms with Gasteiger partial charge < -0.3 is 15.4 Å². The fourth-order valence-corrected chi connectivity index (χ4v) is 4.18. The van der Waals surface area contributed by atoms with Gasteiger partial charge in [-0.25, -0.2) is 13.8 Å². The number of aromatic nitrogens is 2. The monoisotopic (exact) mass is 467 g/mol. The van der Waals surface area contributed by atoms with Crippen molar-refractivity contribution in [3.8, 4) is 28.1 Å². The molecule has 2 aromatic carbocycles. The molecule has 1 saturated heterocycles. The maximum atomic E-state index is 14.8. The van der Waals surface area contributed by atoms with Crippen molar-refractivity contribution >= 4 is 12.2 Å². The number of rotatable bonds is 5. The summed E-state index contributed by atoms with van der Waals surface area (Å²) in [6, 6.07) is 8.96. The zero-order valence-corrected chi connectivity index (χ0v) is 19.4. The van der Waals surface area contributed by atoms with E-state index in [1.54, 1.807) is 32.3 Å². The Kier molecular flexibility index (Phi) is 6.74. The molecule has 0 unspecified atom stereocenters. The normalized spacial score (nSPS) is 14.7. The molecule has 1 fully saturated rings. The molecule has 9 heteroatoms. The van der Waals surface area contributed by atoms with E-state index in [4.69, 9.17) is 15.5 Å². The van der Waals surface area contributed by atoms with E-state index in [0.29, 0.717) is 35.7 Å². The van der Waals surface area contributed by atoms with Crippen LogP contribution in [0.4, 0.5) is 14.7 Å². The molecule has 1 aromatic heterocycles. The molecule has 3 aromatic rings. The number of piperidine rings is 1. The molecule has 0 radical (unpaired) electrons. The highest BCUT2D eigenvalue weighted by Crippen LogP contribution is 2.33. The van der Waals surface area contributed by atoms with Gasteiger partial charge in [0.2, 0.25) is 5.95 Å². The summed E-state index contributed by atoms with van der Waals surface area (Å²) in [6.07, 6.45) is 2.96. The number of hydrogen-bond donors (Lipinski definition) is 1. The Bertz CT molecular complexity index is 1300. The van der Waals surface area contributed by atoms with Crippen molar-refractivity contribution < 1.29 is 13.5 Å². The van der Waals surface area contributed by atoms with Crippen molar-refractivity contribution in [2.75, 3.05) is 32.1 Å². The van der Waals surface area contributed by atoms with Crippen LogP contribution in [-0.2, 0) is 7.05 Å². The van der Waals surface area contributed by atoms with Gasteiger partial charge in [0, 0.05) is 50.6 Å². The molecule has 2 N–H and O–H groups in total. The molecule has 1 aliphatic rings. The van der Waals surface area contributed by atoms with Crippen molar-refractivity contribution in [3.05, 3.63) is 63.9 Å². The Morgan fingerprint density at radius 2 is 1.79 bits per heavy atom. The Morgan fingerprint density at radius 1 is 1.12 bits per heavy atom. The first-order valence-corrected chi connectivity index (χ1v) is 11.0. The third-order valence-corrected chi connectivity index (χ3v) is 6.07. The lowest BCUT2D eigenvalue weighted by molar-refractivity contribution is 0.386. The minimum atomic E-state index is -0.609. The molecule has 0 saturated carbocycles. The van der Waals surface area contributed by atoms with Crippen molar-refractivity contribution in [2.45, 2.75) is 18.9 Å². The Hall–Kier alpha value is -3.59. The van der Waals surface area contributed by atoms with Crippen LogP contribution in [0, 0.1) is 11.6 Å². The SMILES string of the molecule is CN=Cc1ccc(-c2nc(N3CCC(N)CC3)n(C)c(=O)c2-c2ccc(OC)c(F)c2)cc1F. The highest BCUT2D eigenvalue weighted by molar-refractivity contribution is 5.84. The second-order valence-electron chi connectivity index (χ2n) is 8.30. The van der Waals surface area contributed by atoms with E-state index < -0.39 is 11.6 Å². The van der Waals surface area contributed by atoms with Crippen LogP contribution in [0.2, 0.25) is 0 Å². The average Bonchev–Trinajstić information content (AvgIpc) is 2.82. The Labute approximate surface area is 196 Å². The molecule has 0 aliphatic carbocycles. The largest absolute Gasteiger partial charge is 0.494 e. The number of ether oxygens (including phenoxy) is 1. The summed E-state index contributed by atoms with van der Waals surface area (Å²) in [6.45, 7) is 1.30. The number of aliphatic imine (C=N–C) groups is 1. The lowest BCUT2D eigenvalue weighted by Crippen LogP contribution is -2.42. The van der Waals surface area contributed by atoms with Crippen LogP contribution in [0.3, 0.4) is 0 Å². The quantitative estimate of drug-likeness (QED) is 0.582. The van der Waals surface area contributed by atoms with Gasteiger partial charge in [-0.05, 0) is 42.7 Å². The third kappa shape index (κ3) is 4.43. The standard InChI is InChI=1S/C25H27F2N5O2/c1-29-14-17-5-4-16(13-19(17)26)23-22(15-6-7-21(34-3)20(27)12-15)24(33)31(2)25(30-23)32-10-8-18(28)9-11-32/h4-7,12-14,18H,8-11,28H2,1-3H3. The van der Waals surface area contributed by atoms with Crippen LogP contribution in [0.25, 0.3) is 22.4 Å². The first kappa shape index (κ1) is 23.6. The fraction of sp³-hybridized carbons (Fsp3) is 0.320. The van der Waals surface area contributed by atoms with Gasteiger partial charge in [-0.3, -0.25) is 14.4 Å². The van der Waals surface area contributed by atoms with Gasteiger partial charge in [0.1, 0.15) is 5.82 Å². The molecular weight excluding hydrogens is 440 g/mol. The van der Waals surface area contributed by atoms with Crippen molar-refractivity contribution in [1.29, 1.82) is 0 Å². The molecule has 0 bridgehead atoms. The number of benzene rings is 2. The van der Waals surface area contributed by atoms with Gasteiger partial charge in [-0.15, -0.1) is 0 Å². The predicted octanol–water partition coefficient (Wildman–Crippen LogP) is 3.38. The van der Waals surface area contributed by atoms with Crippen LogP contribution in [0.5, 0.6) is 5.75 Å². The van der Waals surface area contributed by atoms with Gasteiger partial charge in [-0.1, -0.05) is 12.1 Å². The number of anilines is 1. The Morgan fingerprint density at radius 3 is 2.41 bits per heavy atom. The summed E-state index contributed by atoms with van der Waals surface area (Å²) in [4.78, 5) is 24.3. The Balaban J connectivity index is 1.95. The minimum Gasteiger partial charge on any atom is -0.494 e. The van der Waals surface area contributed by atoms with Gasteiger partial charge >= 0.3 is 0 Å². The highest BCUT2D eigenvalue weighted by atomic mass is 19.1. The fourth-order valence-electron chi connectivity index (χ4n) is 4.18. The van der Waals surface area contributed by atoms with Crippen LogP contribution < -0.4 is 20.9 Å². The van der Waals surface area contributed by atoms with E-state index >= 15 is 0 Å². The maximum Gasteiger partial charge on any atom is 0.263 e. The number of nitrogens with two attached hydrogens (primary N) is 1. The van der Waals surface area contributed by atoms with Gasteiger partial charge in [0.25, 0.3) is 5.56 Å². The van der Waals surface area contributed by atoms with Crippen LogP contribution in [0.15, 0.2) is 46.2 Å². The van der Waals surface area contributed by atoms with Gasteiger partial charge in [-0.2, -0.15) is 0 Å². The summed E-state index contributed by atoms with van der Waals surface area (Å²) in [5, 5.41) is 0. The summed E-state index contributed by atoms with van der Waals surface area (Å²) >= 11 is 0. The lowest BCUT2D eigenvalue weighted by Gasteiger charge is -2.32. The van der Waals surface area contributed by atoms with Crippen molar-refractivity contribution in [1.82, 2.24) is 9.55 Å². The number of halogens is 2. The molecular formula is C25H27F2N5O2. The number of hydrogen-bond acceptors (Lipinski definition) is 6. The van der Waals surface area contributed by atoms with E-state index in [2.05, 4.69) is 4.99 Å². The molecule has 0 amide bonds. The number of methoxy groups -OCH3 is 1. The molecule has 0 atom stereocenters. The highest BCUT2D eigenvalue weighted by Gasteiger charge is 2.25.